The lowest BCUT2D eigenvalue weighted by molar-refractivity contribution is -0.144. The molecule has 0 spiro atoms. The summed E-state index contributed by atoms with van der Waals surface area (Å²) in [6, 6.07) is -1.29. The summed E-state index contributed by atoms with van der Waals surface area (Å²) >= 11 is 0. The van der Waals surface area contributed by atoms with E-state index in [9.17, 15) is 14.4 Å². The van der Waals surface area contributed by atoms with Gasteiger partial charge in [0.2, 0.25) is 0 Å². The molecule has 9 heteroatoms. The summed E-state index contributed by atoms with van der Waals surface area (Å²) in [6.45, 7) is 1.70. The van der Waals surface area contributed by atoms with Crippen LogP contribution in [0.4, 0.5) is 0 Å². The first-order valence-electron chi connectivity index (χ1n) is 11.6. The van der Waals surface area contributed by atoms with Crippen molar-refractivity contribution in [3.05, 3.63) is 12.2 Å². The second-order valence-electron chi connectivity index (χ2n) is 7.74. The molecule has 0 aliphatic heterocycles. The summed E-state index contributed by atoms with van der Waals surface area (Å²) in [7, 11) is 0. The number of ether oxygens (including phenoxy) is 1. The average Bonchev–Trinajstić information content (AvgIpc) is 2.75. The highest BCUT2D eigenvalue weighted by molar-refractivity contribution is 5.81. The first-order chi connectivity index (χ1) is 15.2. The maximum atomic E-state index is 11.3. The Balaban J connectivity index is 0. The first kappa shape index (κ1) is 32.2. The van der Waals surface area contributed by atoms with Gasteiger partial charge in [-0.05, 0) is 12.8 Å². The number of unbranched alkanes of at least 4 members (excludes halogenated alkanes) is 11. The lowest BCUT2D eigenvalue weighted by atomic mass is 10.1. The van der Waals surface area contributed by atoms with E-state index < -0.39 is 43.1 Å². The summed E-state index contributed by atoms with van der Waals surface area (Å²) < 4.78 is 4.77. The molecule has 0 bridgehead atoms. The Morgan fingerprint density at radius 2 is 1.41 bits per heavy atom. The number of rotatable bonds is 19. The molecule has 0 amide bonds. The van der Waals surface area contributed by atoms with Gasteiger partial charge in [0, 0.05) is 6.08 Å². The number of aliphatic hydroxyl groups excluding tert-OH is 2. The average molecular weight is 462 g/mol. The molecule has 0 rings (SSSR count). The second-order valence-corrected chi connectivity index (χ2v) is 7.74. The van der Waals surface area contributed by atoms with Crippen molar-refractivity contribution in [1.82, 2.24) is 0 Å². The Morgan fingerprint density at radius 1 is 0.906 bits per heavy atom. The summed E-state index contributed by atoms with van der Waals surface area (Å²) in [4.78, 5) is 30.9. The summed E-state index contributed by atoms with van der Waals surface area (Å²) in [5.74, 6) is -2.96. The Labute approximate surface area is 191 Å². The zero-order valence-electron chi connectivity index (χ0n) is 19.4. The van der Waals surface area contributed by atoms with Crippen LogP contribution < -0.4 is 5.73 Å². The molecule has 0 aliphatic carbocycles. The molecule has 32 heavy (non-hydrogen) atoms. The van der Waals surface area contributed by atoms with E-state index >= 15 is 0 Å². The molecule has 1 unspecified atom stereocenters. The molecule has 9 nitrogen and oxygen atoms in total. The fourth-order valence-electron chi connectivity index (χ4n) is 2.66. The number of allylic oxidation sites excluding steroid dienone is 1. The smallest absolute Gasteiger partial charge is 0.330 e. The normalized spacial score (nSPS) is 12.6. The third kappa shape index (κ3) is 26.1. The van der Waals surface area contributed by atoms with E-state index in [4.69, 9.17) is 30.9 Å². The van der Waals surface area contributed by atoms with Crippen molar-refractivity contribution >= 4 is 17.9 Å². The van der Waals surface area contributed by atoms with Crippen molar-refractivity contribution in [1.29, 1.82) is 0 Å². The molecular weight excluding hydrogens is 418 g/mol. The molecule has 0 radical (unpaired) electrons. The zero-order chi connectivity index (χ0) is 24.6. The molecular formula is C23H43NO8. The van der Waals surface area contributed by atoms with Gasteiger partial charge in [0.1, 0.15) is 18.8 Å². The SMILES string of the molecule is CCCCCCCCCCCCCC=CC(=O)OCC(O)CO.N[C@@H](CC(=O)O)C(=O)O. The lowest BCUT2D eigenvalue weighted by Gasteiger charge is -2.06. The molecule has 188 valence electrons. The quantitative estimate of drug-likeness (QED) is 0.110. The summed E-state index contributed by atoms with van der Waals surface area (Å²) in [5, 5.41) is 33.7. The van der Waals surface area contributed by atoms with Gasteiger partial charge in [-0.2, -0.15) is 0 Å². The van der Waals surface area contributed by atoms with E-state index in [1.54, 1.807) is 0 Å². The molecule has 0 aromatic carbocycles. The minimum atomic E-state index is -1.29. The van der Waals surface area contributed by atoms with Crippen LogP contribution in [-0.4, -0.2) is 63.7 Å². The predicted molar refractivity (Wildman–Crippen MR) is 122 cm³/mol. The highest BCUT2D eigenvalue weighted by Crippen LogP contribution is 2.12. The molecule has 0 saturated heterocycles. The Hall–Kier alpha value is -1.97. The van der Waals surface area contributed by atoms with Gasteiger partial charge in [-0.3, -0.25) is 9.59 Å². The van der Waals surface area contributed by atoms with E-state index in [0.29, 0.717) is 0 Å². The van der Waals surface area contributed by atoms with Crippen LogP contribution in [0.1, 0.15) is 90.4 Å². The number of carboxylic acids is 2. The van der Waals surface area contributed by atoms with Gasteiger partial charge in [-0.25, -0.2) is 4.79 Å². The molecule has 0 fully saturated rings. The molecule has 2 atom stereocenters. The fraction of sp³-hybridized carbons (Fsp3) is 0.783. The number of esters is 1. The Morgan fingerprint density at radius 3 is 1.81 bits per heavy atom. The van der Waals surface area contributed by atoms with Crippen LogP contribution >= 0.6 is 0 Å². The van der Waals surface area contributed by atoms with E-state index in [0.717, 1.165) is 12.8 Å². The van der Waals surface area contributed by atoms with Gasteiger partial charge in [-0.15, -0.1) is 0 Å². The molecule has 0 aliphatic rings. The largest absolute Gasteiger partial charge is 0.481 e. The number of aliphatic hydroxyl groups is 2. The van der Waals surface area contributed by atoms with Gasteiger partial charge >= 0.3 is 17.9 Å². The molecule has 0 saturated carbocycles. The van der Waals surface area contributed by atoms with Crippen molar-refractivity contribution in [2.45, 2.75) is 103 Å². The fourth-order valence-corrected chi connectivity index (χ4v) is 2.66. The van der Waals surface area contributed by atoms with Crippen LogP contribution in [0.25, 0.3) is 0 Å². The molecule has 0 heterocycles. The Bertz CT molecular complexity index is 510. The van der Waals surface area contributed by atoms with Crippen LogP contribution in [0.3, 0.4) is 0 Å². The standard InChI is InChI=1S/C19H36O4.C4H7NO4/c1-2-3-4-5-6-7-8-9-10-11-12-13-14-15-19(22)23-17-18(21)16-20;5-2(4(8)9)1-3(6)7/h14-15,18,20-21H,2-13,16-17H2,1H3;2H,1,5H2,(H,6,7)(H,8,9)/t;2-/m.0/s1. The van der Waals surface area contributed by atoms with Crippen LogP contribution in [0.5, 0.6) is 0 Å². The summed E-state index contributed by atoms with van der Waals surface area (Å²) in [5.41, 5.74) is 4.84. The maximum Gasteiger partial charge on any atom is 0.330 e. The van der Waals surface area contributed by atoms with E-state index in [-0.39, 0.29) is 6.61 Å². The van der Waals surface area contributed by atoms with Gasteiger partial charge in [0.25, 0.3) is 0 Å². The van der Waals surface area contributed by atoms with Gasteiger partial charge in [0.05, 0.1) is 13.0 Å². The second kappa shape index (κ2) is 23.7. The Kier molecular flexibility index (Phi) is 23.8. The number of aliphatic carboxylic acids is 2. The van der Waals surface area contributed by atoms with Gasteiger partial charge in [0.15, 0.2) is 0 Å². The highest BCUT2D eigenvalue weighted by Gasteiger charge is 2.14. The highest BCUT2D eigenvalue weighted by atomic mass is 16.5. The van der Waals surface area contributed by atoms with E-state index in [1.807, 2.05) is 6.08 Å². The first-order valence-corrected chi connectivity index (χ1v) is 11.6. The van der Waals surface area contributed by atoms with Crippen molar-refractivity contribution in [3.63, 3.8) is 0 Å². The molecule has 0 aromatic heterocycles. The molecule has 0 aromatic rings. The van der Waals surface area contributed by atoms with Crippen molar-refractivity contribution < 1.29 is 39.5 Å². The van der Waals surface area contributed by atoms with Gasteiger partial charge in [-0.1, -0.05) is 77.2 Å². The van der Waals surface area contributed by atoms with E-state index in [2.05, 4.69) is 6.92 Å². The number of carbonyl (C=O) groups is 3. The topological polar surface area (TPSA) is 167 Å². The van der Waals surface area contributed by atoms with Crippen molar-refractivity contribution in [3.8, 4) is 0 Å². The summed E-state index contributed by atoms with van der Waals surface area (Å²) in [6.07, 6.45) is 17.1. The van der Waals surface area contributed by atoms with Crippen LogP contribution in [0.15, 0.2) is 12.2 Å². The monoisotopic (exact) mass is 461 g/mol. The molecule has 6 N–H and O–H groups in total. The number of hydrogen-bond donors (Lipinski definition) is 5. The van der Waals surface area contributed by atoms with E-state index in [1.165, 1.54) is 70.3 Å². The van der Waals surface area contributed by atoms with Crippen LogP contribution in [-0.2, 0) is 19.1 Å². The number of hydrogen-bond acceptors (Lipinski definition) is 7. The van der Waals surface area contributed by atoms with Crippen molar-refractivity contribution in [2.24, 2.45) is 5.73 Å². The van der Waals surface area contributed by atoms with Crippen molar-refractivity contribution in [2.75, 3.05) is 13.2 Å². The minimum absolute atomic E-state index is 0.155. The third-order valence-corrected chi connectivity index (χ3v) is 4.57. The zero-order valence-corrected chi connectivity index (χ0v) is 19.4. The van der Waals surface area contributed by atoms with Crippen LogP contribution in [0.2, 0.25) is 0 Å². The van der Waals surface area contributed by atoms with Crippen LogP contribution in [0, 0.1) is 0 Å². The lowest BCUT2D eigenvalue weighted by Crippen LogP contribution is -2.32. The third-order valence-electron chi connectivity index (χ3n) is 4.57. The number of nitrogens with two attached hydrogens (primary N) is 1. The minimum Gasteiger partial charge on any atom is -0.481 e. The predicted octanol–water partition coefficient (Wildman–Crippen LogP) is 3.01. The number of carbonyl (C=O) groups excluding carboxylic acids is 1. The van der Waals surface area contributed by atoms with Gasteiger partial charge < -0.3 is 30.9 Å². The number of carboxylic acid groups (broad SMARTS) is 2. The maximum absolute atomic E-state index is 11.3.